The maximum absolute atomic E-state index is 11.5. The predicted octanol–water partition coefficient (Wildman–Crippen LogP) is 3.67. The maximum Gasteiger partial charge on any atom is 0.337 e. The summed E-state index contributed by atoms with van der Waals surface area (Å²) in [6.07, 6.45) is 0. The third-order valence-corrected chi connectivity index (χ3v) is 3.24. The number of esters is 1. The largest absolute Gasteiger partial charge is 0.465 e. The fourth-order valence-corrected chi connectivity index (χ4v) is 2.20. The van der Waals surface area contributed by atoms with E-state index in [2.05, 4.69) is 9.97 Å². The van der Waals surface area contributed by atoms with Crippen LogP contribution in [0.1, 0.15) is 10.4 Å². The van der Waals surface area contributed by atoms with E-state index in [1.807, 2.05) is 18.2 Å². The van der Waals surface area contributed by atoms with Gasteiger partial charge in [0.1, 0.15) is 5.82 Å². The molecule has 0 saturated carbocycles. The van der Waals surface area contributed by atoms with Gasteiger partial charge in [0.25, 0.3) is 0 Å². The quantitative estimate of drug-likeness (QED) is 0.731. The summed E-state index contributed by atoms with van der Waals surface area (Å²) in [5.41, 5.74) is 2.99. The number of aromatic nitrogens is 2. The van der Waals surface area contributed by atoms with Crippen LogP contribution in [-0.2, 0) is 4.74 Å². The zero-order valence-electron chi connectivity index (χ0n) is 10.7. The van der Waals surface area contributed by atoms with Crippen LogP contribution in [0.3, 0.4) is 0 Å². The number of nitrogens with one attached hydrogen (secondary N) is 1. The van der Waals surface area contributed by atoms with Gasteiger partial charge in [0, 0.05) is 10.6 Å². The Kier molecular flexibility index (Phi) is 3.16. The minimum absolute atomic E-state index is 0.369. The lowest BCUT2D eigenvalue weighted by Gasteiger charge is -2.01. The average molecular weight is 287 g/mol. The van der Waals surface area contributed by atoms with Crippen molar-refractivity contribution in [2.75, 3.05) is 7.11 Å². The molecule has 0 aliphatic rings. The Hall–Kier alpha value is -2.33. The Labute approximate surface area is 120 Å². The van der Waals surface area contributed by atoms with Crippen molar-refractivity contribution in [1.82, 2.24) is 9.97 Å². The van der Waals surface area contributed by atoms with E-state index in [1.54, 1.807) is 24.3 Å². The zero-order valence-corrected chi connectivity index (χ0v) is 11.4. The highest BCUT2D eigenvalue weighted by Gasteiger charge is 2.09. The number of benzene rings is 2. The van der Waals surface area contributed by atoms with Gasteiger partial charge in [-0.1, -0.05) is 23.7 Å². The number of nitrogens with zero attached hydrogens (tertiary/aromatic N) is 1. The van der Waals surface area contributed by atoms with Crippen LogP contribution in [-0.4, -0.2) is 23.0 Å². The van der Waals surface area contributed by atoms with E-state index < -0.39 is 0 Å². The Morgan fingerprint density at radius 2 is 2.10 bits per heavy atom. The molecular formula is C15H11ClN2O2. The molecule has 1 heterocycles. The summed E-state index contributed by atoms with van der Waals surface area (Å²) in [6.45, 7) is 0. The molecule has 0 radical (unpaired) electrons. The Morgan fingerprint density at radius 3 is 2.90 bits per heavy atom. The third kappa shape index (κ3) is 2.26. The highest BCUT2D eigenvalue weighted by Crippen LogP contribution is 2.23. The number of rotatable bonds is 2. The maximum atomic E-state index is 11.5. The lowest BCUT2D eigenvalue weighted by molar-refractivity contribution is 0.0601. The molecule has 5 heteroatoms. The van der Waals surface area contributed by atoms with Crippen LogP contribution in [0.15, 0.2) is 42.5 Å². The van der Waals surface area contributed by atoms with Crippen molar-refractivity contribution in [3.8, 4) is 11.4 Å². The molecule has 0 bridgehead atoms. The van der Waals surface area contributed by atoms with Crippen LogP contribution in [0.25, 0.3) is 22.4 Å². The molecule has 2 aromatic carbocycles. The number of hydrogen-bond acceptors (Lipinski definition) is 3. The number of H-pyrrole nitrogens is 1. The first-order chi connectivity index (χ1) is 9.67. The number of imidazole rings is 1. The average Bonchev–Trinajstić information content (AvgIpc) is 2.89. The van der Waals surface area contributed by atoms with Gasteiger partial charge in [-0.25, -0.2) is 9.78 Å². The molecule has 0 unspecified atom stereocenters. The highest BCUT2D eigenvalue weighted by atomic mass is 35.5. The summed E-state index contributed by atoms with van der Waals surface area (Å²) in [6, 6.07) is 12.6. The molecule has 0 spiro atoms. The van der Waals surface area contributed by atoms with Crippen LogP contribution >= 0.6 is 11.6 Å². The fraction of sp³-hybridized carbons (Fsp3) is 0.0667. The number of halogens is 1. The smallest absolute Gasteiger partial charge is 0.337 e. The molecule has 0 aliphatic heterocycles. The van der Waals surface area contributed by atoms with Crippen molar-refractivity contribution in [2.45, 2.75) is 0 Å². The van der Waals surface area contributed by atoms with E-state index in [0.717, 1.165) is 16.6 Å². The van der Waals surface area contributed by atoms with E-state index in [0.29, 0.717) is 16.4 Å². The van der Waals surface area contributed by atoms with Gasteiger partial charge in [-0.3, -0.25) is 0 Å². The first-order valence-electron chi connectivity index (χ1n) is 6.01. The number of ether oxygens (including phenoxy) is 1. The summed E-state index contributed by atoms with van der Waals surface area (Å²) in [5.74, 6) is 0.319. The molecule has 3 rings (SSSR count). The summed E-state index contributed by atoms with van der Waals surface area (Å²) in [7, 11) is 1.36. The number of methoxy groups -OCH3 is 1. The molecule has 0 fully saturated rings. The first-order valence-corrected chi connectivity index (χ1v) is 6.39. The summed E-state index contributed by atoms with van der Waals surface area (Å²) in [4.78, 5) is 19.2. The topological polar surface area (TPSA) is 55.0 Å². The first kappa shape index (κ1) is 12.7. The molecule has 20 heavy (non-hydrogen) atoms. The van der Waals surface area contributed by atoms with E-state index >= 15 is 0 Å². The van der Waals surface area contributed by atoms with Gasteiger partial charge in [0.15, 0.2) is 0 Å². The van der Waals surface area contributed by atoms with Gasteiger partial charge in [0.05, 0.1) is 23.7 Å². The lowest BCUT2D eigenvalue weighted by atomic mass is 10.1. The van der Waals surface area contributed by atoms with Gasteiger partial charge >= 0.3 is 5.97 Å². The number of hydrogen-bond donors (Lipinski definition) is 1. The molecule has 1 N–H and O–H groups in total. The lowest BCUT2D eigenvalue weighted by Crippen LogP contribution is -2.00. The zero-order chi connectivity index (χ0) is 14.1. The Bertz CT molecular complexity index is 795. The van der Waals surface area contributed by atoms with Crippen molar-refractivity contribution < 1.29 is 9.53 Å². The molecule has 100 valence electrons. The number of carbonyl (C=O) groups excluding carboxylic acids is 1. The molecule has 0 aliphatic carbocycles. The van der Waals surface area contributed by atoms with E-state index in [-0.39, 0.29) is 5.97 Å². The van der Waals surface area contributed by atoms with Gasteiger partial charge in [-0.05, 0) is 30.3 Å². The van der Waals surface area contributed by atoms with Crippen molar-refractivity contribution >= 4 is 28.6 Å². The molecule has 0 amide bonds. The normalized spacial score (nSPS) is 10.7. The molecule has 0 atom stereocenters. The van der Waals surface area contributed by atoms with Crippen molar-refractivity contribution in [2.24, 2.45) is 0 Å². The number of fused-ring (bicyclic) bond motifs is 1. The van der Waals surface area contributed by atoms with Crippen LogP contribution < -0.4 is 0 Å². The van der Waals surface area contributed by atoms with Gasteiger partial charge in [-0.2, -0.15) is 0 Å². The minimum atomic E-state index is -0.369. The van der Waals surface area contributed by atoms with Gasteiger partial charge in [0.2, 0.25) is 0 Å². The van der Waals surface area contributed by atoms with Crippen molar-refractivity contribution in [1.29, 1.82) is 0 Å². The number of aromatic amines is 1. The second-order valence-electron chi connectivity index (χ2n) is 4.32. The predicted molar refractivity (Wildman–Crippen MR) is 77.9 cm³/mol. The van der Waals surface area contributed by atoms with E-state index in [9.17, 15) is 4.79 Å². The summed E-state index contributed by atoms with van der Waals surface area (Å²) >= 11 is 5.95. The summed E-state index contributed by atoms with van der Waals surface area (Å²) in [5, 5.41) is 0.649. The number of carbonyl (C=O) groups is 1. The highest BCUT2D eigenvalue weighted by molar-refractivity contribution is 6.31. The molecule has 3 aromatic rings. The third-order valence-electron chi connectivity index (χ3n) is 3.00. The monoisotopic (exact) mass is 286 g/mol. The van der Waals surface area contributed by atoms with Crippen LogP contribution in [0.5, 0.6) is 0 Å². The SMILES string of the molecule is COC(=O)c1cccc(-c2nc3ccc(Cl)cc3[nH]2)c1. The fourth-order valence-electron chi connectivity index (χ4n) is 2.03. The molecule has 0 saturated heterocycles. The summed E-state index contributed by atoms with van der Waals surface area (Å²) < 4.78 is 4.71. The van der Waals surface area contributed by atoms with Crippen LogP contribution in [0.2, 0.25) is 5.02 Å². The van der Waals surface area contributed by atoms with Crippen LogP contribution in [0.4, 0.5) is 0 Å². The van der Waals surface area contributed by atoms with Crippen molar-refractivity contribution in [3.05, 3.63) is 53.1 Å². The Morgan fingerprint density at radius 1 is 1.25 bits per heavy atom. The van der Waals surface area contributed by atoms with E-state index in [4.69, 9.17) is 16.3 Å². The van der Waals surface area contributed by atoms with Crippen molar-refractivity contribution in [3.63, 3.8) is 0 Å². The molecule has 1 aromatic heterocycles. The minimum Gasteiger partial charge on any atom is -0.465 e. The standard InChI is InChI=1S/C15H11ClN2O2/c1-20-15(19)10-4-2-3-9(7-10)14-17-12-6-5-11(16)8-13(12)18-14/h2-8H,1H3,(H,17,18). The molecular weight excluding hydrogens is 276 g/mol. The van der Waals surface area contributed by atoms with Crippen LogP contribution in [0, 0.1) is 0 Å². The van der Waals surface area contributed by atoms with Gasteiger partial charge in [-0.15, -0.1) is 0 Å². The second-order valence-corrected chi connectivity index (χ2v) is 4.76. The van der Waals surface area contributed by atoms with Gasteiger partial charge < -0.3 is 9.72 Å². The second kappa shape index (κ2) is 4.98. The molecule has 4 nitrogen and oxygen atoms in total. The van der Waals surface area contributed by atoms with E-state index in [1.165, 1.54) is 7.11 Å². The Balaban J connectivity index is 2.08.